The second-order valence-corrected chi connectivity index (χ2v) is 3.80. The maximum absolute atomic E-state index is 11.9. The van der Waals surface area contributed by atoms with Gasteiger partial charge in [-0.2, -0.15) is 0 Å². The van der Waals surface area contributed by atoms with Crippen molar-refractivity contribution in [1.82, 2.24) is 0 Å². The number of ether oxygens (including phenoxy) is 1. The molecule has 18 heavy (non-hydrogen) atoms. The summed E-state index contributed by atoms with van der Waals surface area (Å²) in [5.74, 6) is -1.76. The molecule has 0 spiro atoms. The molecule has 1 amide bonds. The van der Waals surface area contributed by atoms with Gasteiger partial charge < -0.3 is 10.1 Å². The molecule has 1 aromatic rings. The maximum Gasteiger partial charge on any atom is 0.342 e. The second-order valence-electron chi connectivity index (χ2n) is 3.80. The van der Waals surface area contributed by atoms with Crippen molar-refractivity contribution in [1.29, 1.82) is 0 Å². The van der Waals surface area contributed by atoms with E-state index in [1.807, 2.05) is 0 Å². The fourth-order valence-corrected chi connectivity index (χ4v) is 1.89. The number of amides is 1. The van der Waals surface area contributed by atoms with Gasteiger partial charge in [-0.15, -0.1) is 0 Å². The average Bonchev–Trinajstić information content (AvgIpc) is 2.66. The Morgan fingerprint density at radius 3 is 2.50 bits per heavy atom. The van der Waals surface area contributed by atoms with Crippen molar-refractivity contribution in [2.45, 2.75) is 6.92 Å². The topological polar surface area (TPSA) is 72.5 Å². The van der Waals surface area contributed by atoms with Crippen LogP contribution in [0.2, 0.25) is 0 Å². The van der Waals surface area contributed by atoms with Gasteiger partial charge in [0.25, 0.3) is 5.91 Å². The monoisotopic (exact) mass is 245 g/mol. The smallest absolute Gasteiger partial charge is 0.342 e. The molecule has 5 nitrogen and oxygen atoms in total. The standard InChI is InChI=1S/C13H11NO4/c1-7(15)10(13(17)18-2)11-8-5-3-4-6-9(8)14-12(11)16/h3-6H,1-2H3,(H,14,16)/b11-10+. The fourth-order valence-electron chi connectivity index (χ4n) is 1.89. The van der Waals surface area contributed by atoms with Crippen LogP contribution in [0.15, 0.2) is 29.8 Å². The van der Waals surface area contributed by atoms with Gasteiger partial charge in [-0.3, -0.25) is 9.59 Å². The van der Waals surface area contributed by atoms with E-state index in [2.05, 4.69) is 10.1 Å². The van der Waals surface area contributed by atoms with Crippen molar-refractivity contribution in [2.75, 3.05) is 12.4 Å². The summed E-state index contributed by atoms with van der Waals surface area (Å²) in [6, 6.07) is 6.87. The van der Waals surface area contributed by atoms with Gasteiger partial charge in [-0.25, -0.2) is 4.79 Å². The molecule has 0 atom stereocenters. The molecule has 0 saturated carbocycles. The molecule has 1 aromatic carbocycles. The van der Waals surface area contributed by atoms with Crippen LogP contribution >= 0.6 is 0 Å². The van der Waals surface area contributed by atoms with Crippen molar-refractivity contribution < 1.29 is 19.1 Å². The number of benzene rings is 1. The third-order valence-corrected chi connectivity index (χ3v) is 2.66. The largest absolute Gasteiger partial charge is 0.465 e. The van der Waals surface area contributed by atoms with Gasteiger partial charge in [0.1, 0.15) is 5.57 Å². The summed E-state index contributed by atoms with van der Waals surface area (Å²) < 4.78 is 4.55. The number of ketones is 1. The van der Waals surface area contributed by atoms with Gasteiger partial charge in [-0.05, 0) is 13.0 Å². The van der Waals surface area contributed by atoms with Crippen molar-refractivity contribution in [2.24, 2.45) is 0 Å². The Morgan fingerprint density at radius 1 is 1.22 bits per heavy atom. The van der Waals surface area contributed by atoms with E-state index in [0.717, 1.165) is 0 Å². The van der Waals surface area contributed by atoms with Crippen molar-refractivity contribution in [3.63, 3.8) is 0 Å². The molecule has 1 aliphatic heterocycles. The third-order valence-electron chi connectivity index (χ3n) is 2.66. The van der Waals surface area contributed by atoms with E-state index >= 15 is 0 Å². The lowest BCUT2D eigenvalue weighted by Crippen LogP contribution is -2.17. The first-order valence-corrected chi connectivity index (χ1v) is 5.30. The Morgan fingerprint density at radius 2 is 1.89 bits per heavy atom. The Bertz CT molecular complexity index is 586. The molecule has 0 saturated heterocycles. The fraction of sp³-hybridized carbons (Fsp3) is 0.154. The Kier molecular flexibility index (Phi) is 2.97. The number of hydrogen-bond donors (Lipinski definition) is 1. The molecule has 0 fully saturated rings. The average molecular weight is 245 g/mol. The first kappa shape index (κ1) is 12.0. The summed E-state index contributed by atoms with van der Waals surface area (Å²) in [5, 5.41) is 2.60. The van der Waals surface area contributed by atoms with E-state index < -0.39 is 17.7 Å². The lowest BCUT2D eigenvalue weighted by atomic mass is 9.99. The second kappa shape index (κ2) is 4.44. The predicted octanol–water partition coefficient (Wildman–Crippen LogP) is 1.15. The minimum atomic E-state index is -0.802. The number of esters is 1. The molecule has 0 bridgehead atoms. The van der Waals surface area contributed by atoms with Gasteiger partial charge in [0.05, 0.1) is 12.7 Å². The Labute approximate surface area is 103 Å². The maximum atomic E-state index is 11.9. The molecular weight excluding hydrogens is 234 g/mol. The number of Topliss-reactive ketones (excluding diaryl/α,β-unsaturated/α-hetero) is 1. The zero-order valence-electron chi connectivity index (χ0n) is 9.94. The molecule has 1 heterocycles. The lowest BCUT2D eigenvalue weighted by molar-refractivity contribution is -0.137. The highest BCUT2D eigenvalue weighted by molar-refractivity contribution is 6.40. The van der Waals surface area contributed by atoms with Crippen molar-refractivity contribution >= 4 is 28.9 Å². The zero-order valence-corrected chi connectivity index (χ0v) is 9.94. The highest BCUT2D eigenvalue weighted by Crippen LogP contribution is 2.34. The minimum absolute atomic E-state index is 0.0740. The minimum Gasteiger partial charge on any atom is -0.465 e. The Hall–Kier alpha value is -2.43. The molecule has 0 unspecified atom stereocenters. The van der Waals surface area contributed by atoms with Gasteiger partial charge >= 0.3 is 5.97 Å². The van der Waals surface area contributed by atoms with E-state index in [1.54, 1.807) is 24.3 Å². The highest BCUT2D eigenvalue weighted by Gasteiger charge is 2.32. The van der Waals surface area contributed by atoms with Crippen LogP contribution in [0.5, 0.6) is 0 Å². The normalized spacial score (nSPS) is 15.8. The molecule has 2 rings (SSSR count). The van der Waals surface area contributed by atoms with Gasteiger partial charge in [-0.1, -0.05) is 18.2 Å². The number of anilines is 1. The molecule has 1 N–H and O–H groups in total. The number of carbonyl (C=O) groups is 3. The molecule has 92 valence electrons. The number of fused-ring (bicyclic) bond motifs is 1. The van der Waals surface area contributed by atoms with E-state index in [-0.39, 0.29) is 11.1 Å². The zero-order chi connectivity index (χ0) is 13.3. The van der Waals surface area contributed by atoms with Gasteiger partial charge in [0.15, 0.2) is 5.78 Å². The Balaban J connectivity index is 2.70. The van der Waals surface area contributed by atoms with Gasteiger partial charge in [0, 0.05) is 11.3 Å². The quantitative estimate of drug-likeness (QED) is 0.367. The van der Waals surface area contributed by atoms with Crippen molar-refractivity contribution in [3.05, 3.63) is 35.4 Å². The van der Waals surface area contributed by atoms with Crippen LogP contribution in [-0.2, 0) is 19.1 Å². The number of carbonyl (C=O) groups excluding carboxylic acids is 3. The molecule has 1 aliphatic rings. The molecule has 0 radical (unpaired) electrons. The summed E-state index contributed by atoms with van der Waals surface area (Å²) >= 11 is 0. The number of hydrogen-bond acceptors (Lipinski definition) is 4. The van der Waals surface area contributed by atoms with Crippen LogP contribution in [0.3, 0.4) is 0 Å². The van der Waals surface area contributed by atoms with E-state index in [1.165, 1.54) is 14.0 Å². The third kappa shape index (κ3) is 1.79. The van der Waals surface area contributed by atoms with E-state index in [9.17, 15) is 14.4 Å². The predicted molar refractivity (Wildman–Crippen MR) is 64.7 cm³/mol. The number of nitrogens with one attached hydrogen (secondary N) is 1. The van der Waals surface area contributed by atoms with Gasteiger partial charge in [0.2, 0.25) is 0 Å². The summed E-state index contributed by atoms with van der Waals surface area (Å²) in [6.45, 7) is 1.23. The summed E-state index contributed by atoms with van der Waals surface area (Å²) in [6.07, 6.45) is 0. The van der Waals surface area contributed by atoms with E-state index in [0.29, 0.717) is 11.3 Å². The summed E-state index contributed by atoms with van der Waals surface area (Å²) in [4.78, 5) is 35.0. The molecule has 0 aromatic heterocycles. The number of para-hydroxylation sites is 1. The number of methoxy groups -OCH3 is 1. The summed E-state index contributed by atoms with van der Waals surface area (Å²) in [5.41, 5.74) is 0.975. The molecule has 0 aliphatic carbocycles. The summed E-state index contributed by atoms with van der Waals surface area (Å²) in [7, 11) is 1.17. The first-order chi connectivity index (χ1) is 8.56. The molecular formula is C13H11NO4. The van der Waals surface area contributed by atoms with Crippen LogP contribution in [0.1, 0.15) is 12.5 Å². The SMILES string of the molecule is COC(=O)/C(C(C)=O)=C1/C(=O)Nc2ccccc21. The van der Waals surface area contributed by atoms with Crippen LogP contribution in [-0.4, -0.2) is 24.8 Å². The first-order valence-electron chi connectivity index (χ1n) is 5.30. The van der Waals surface area contributed by atoms with Crippen LogP contribution in [0.25, 0.3) is 5.57 Å². The number of rotatable bonds is 2. The van der Waals surface area contributed by atoms with E-state index in [4.69, 9.17) is 0 Å². The lowest BCUT2D eigenvalue weighted by Gasteiger charge is -2.05. The van der Waals surface area contributed by atoms with Crippen LogP contribution < -0.4 is 5.32 Å². The van der Waals surface area contributed by atoms with Crippen LogP contribution in [0.4, 0.5) is 5.69 Å². The highest BCUT2D eigenvalue weighted by atomic mass is 16.5. The molecule has 5 heteroatoms. The van der Waals surface area contributed by atoms with Crippen LogP contribution in [0, 0.1) is 0 Å². The van der Waals surface area contributed by atoms with Crippen molar-refractivity contribution in [3.8, 4) is 0 Å².